The van der Waals surface area contributed by atoms with Gasteiger partial charge in [-0.2, -0.15) is 4.57 Å². The van der Waals surface area contributed by atoms with Crippen LogP contribution < -0.4 is 4.57 Å². The first-order valence-corrected chi connectivity index (χ1v) is 10.4. The Morgan fingerprint density at radius 2 is 1.64 bits per heavy atom. The quantitative estimate of drug-likeness (QED) is 0.438. The van der Waals surface area contributed by atoms with E-state index in [0.717, 1.165) is 35.2 Å². The molecule has 0 aliphatic carbocycles. The lowest BCUT2D eigenvalue weighted by atomic mass is 9.92. The standard InChI is InChI=1S/C27H36N/c1-17(2)11-22-15-23(12-18(3)4)24-9-10-26(28(8)27(24)16-22)25-14-19(5)13-20(6)21(25)7/h9-10,13-18H,11-12H2,1-8H3/q+1/i6D3. The van der Waals surface area contributed by atoms with Crippen LogP contribution >= 0.6 is 0 Å². The molecule has 0 atom stereocenters. The fourth-order valence-corrected chi connectivity index (χ4v) is 4.23. The Hall–Kier alpha value is -2.15. The minimum Gasteiger partial charge on any atom is -0.194 e. The van der Waals surface area contributed by atoms with Gasteiger partial charge in [0.2, 0.25) is 11.2 Å². The summed E-state index contributed by atoms with van der Waals surface area (Å²) in [6.07, 6.45) is 2.10. The molecule has 0 amide bonds. The van der Waals surface area contributed by atoms with Crippen molar-refractivity contribution in [2.75, 3.05) is 0 Å². The molecule has 0 fully saturated rings. The van der Waals surface area contributed by atoms with Gasteiger partial charge in [-0.25, -0.2) is 0 Å². The highest BCUT2D eigenvalue weighted by atomic mass is 14.9. The van der Waals surface area contributed by atoms with Crippen LogP contribution in [0.1, 0.15) is 59.6 Å². The number of benzene rings is 2. The van der Waals surface area contributed by atoms with Crippen LogP contribution in [0, 0.1) is 32.5 Å². The van der Waals surface area contributed by atoms with Crippen molar-refractivity contribution >= 4 is 10.9 Å². The number of fused-ring (bicyclic) bond motifs is 1. The molecule has 2 aromatic carbocycles. The number of rotatable bonds is 5. The summed E-state index contributed by atoms with van der Waals surface area (Å²) in [5, 5.41) is 1.29. The van der Waals surface area contributed by atoms with Gasteiger partial charge in [0.15, 0.2) is 0 Å². The number of hydrogen-bond acceptors (Lipinski definition) is 0. The van der Waals surface area contributed by atoms with Crippen molar-refractivity contribution in [3.05, 3.63) is 64.2 Å². The zero-order chi connectivity index (χ0) is 23.1. The first-order valence-electron chi connectivity index (χ1n) is 11.9. The van der Waals surface area contributed by atoms with Crippen molar-refractivity contribution in [2.45, 2.75) is 61.2 Å². The van der Waals surface area contributed by atoms with Crippen molar-refractivity contribution in [3.63, 3.8) is 0 Å². The van der Waals surface area contributed by atoms with Gasteiger partial charge in [0, 0.05) is 27.2 Å². The highest BCUT2D eigenvalue weighted by molar-refractivity contribution is 5.82. The molecular weight excluding hydrogens is 338 g/mol. The first-order chi connectivity index (χ1) is 14.4. The maximum absolute atomic E-state index is 7.97. The number of nitrogens with zero attached hydrogens (tertiary/aromatic N) is 1. The van der Waals surface area contributed by atoms with Gasteiger partial charge < -0.3 is 0 Å². The smallest absolute Gasteiger partial charge is 0.194 e. The van der Waals surface area contributed by atoms with Crippen LogP contribution in [0.4, 0.5) is 0 Å². The first kappa shape index (κ1) is 16.8. The number of aryl methyl sites for hydroxylation is 3. The molecule has 0 saturated heterocycles. The van der Waals surface area contributed by atoms with E-state index in [-0.39, 0.29) is 0 Å². The van der Waals surface area contributed by atoms with Gasteiger partial charge in [0.05, 0.1) is 0 Å². The second-order valence-corrected chi connectivity index (χ2v) is 9.15. The zero-order valence-corrected chi connectivity index (χ0v) is 18.5. The Kier molecular flexibility index (Phi) is 4.83. The average molecular weight is 378 g/mol. The molecule has 148 valence electrons. The lowest BCUT2D eigenvalue weighted by molar-refractivity contribution is -0.633. The Morgan fingerprint density at radius 1 is 0.929 bits per heavy atom. The summed E-state index contributed by atoms with van der Waals surface area (Å²) in [6.45, 7) is 10.8. The summed E-state index contributed by atoms with van der Waals surface area (Å²) in [7, 11) is 2.10. The number of hydrogen-bond donors (Lipinski definition) is 0. The molecule has 0 bridgehead atoms. The molecule has 1 nitrogen and oxygen atoms in total. The van der Waals surface area contributed by atoms with Crippen molar-refractivity contribution in [1.82, 2.24) is 0 Å². The van der Waals surface area contributed by atoms with Crippen molar-refractivity contribution < 1.29 is 8.68 Å². The third kappa shape index (κ3) is 4.14. The summed E-state index contributed by atoms with van der Waals surface area (Å²) in [5.74, 6) is 1.18. The topological polar surface area (TPSA) is 3.88 Å². The maximum Gasteiger partial charge on any atom is 0.213 e. The minimum absolute atomic E-state index is 0.441. The third-order valence-corrected chi connectivity index (χ3v) is 5.53. The lowest BCUT2D eigenvalue weighted by Crippen LogP contribution is -2.32. The molecule has 0 aliphatic rings. The van der Waals surface area contributed by atoms with Gasteiger partial charge in [-0.15, -0.1) is 0 Å². The Balaban J connectivity index is 2.29. The monoisotopic (exact) mass is 377 g/mol. The van der Waals surface area contributed by atoms with Gasteiger partial charge in [-0.05, 0) is 79.8 Å². The number of pyridine rings is 1. The lowest BCUT2D eigenvalue weighted by Gasteiger charge is -2.15. The fraction of sp³-hybridized carbons (Fsp3) is 0.444. The zero-order valence-electron chi connectivity index (χ0n) is 21.5. The van der Waals surface area contributed by atoms with Crippen molar-refractivity contribution in [1.29, 1.82) is 0 Å². The van der Waals surface area contributed by atoms with Gasteiger partial charge in [0.1, 0.15) is 7.05 Å². The molecule has 0 saturated carbocycles. The molecule has 0 N–H and O–H groups in total. The molecule has 28 heavy (non-hydrogen) atoms. The Labute approximate surface area is 175 Å². The normalized spacial score (nSPS) is 13.8. The van der Waals surface area contributed by atoms with Gasteiger partial charge in [-0.3, -0.25) is 0 Å². The summed E-state index contributed by atoms with van der Waals surface area (Å²) in [6, 6.07) is 13.0. The highest BCUT2D eigenvalue weighted by Crippen LogP contribution is 2.29. The van der Waals surface area contributed by atoms with Crippen LogP contribution in [-0.4, -0.2) is 0 Å². The maximum atomic E-state index is 7.97. The van der Waals surface area contributed by atoms with Crippen LogP contribution in [0.5, 0.6) is 0 Å². The summed E-state index contributed by atoms with van der Waals surface area (Å²) < 4.78 is 26.1. The summed E-state index contributed by atoms with van der Waals surface area (Å²) in [5.41, 5.74) is 8.28. The van der Waals surface area contributed by atoms with Crippen LogP contribution in [-0.2, 0) is 19.9 Å². The molecule has 3 aromatic rings. The second kappa shape index (κ2) is 8.07. The molecule has 0 unspecified atom stereocenters. The van der Waals surface area contributed by atoms with E-state index in [1.807, 2.05) is 13.8 Å². The van der Waals surface area contributed by atoms with E-state index >= 15 is 0 Å². The van der Waals surface area contributed by atoms with Crippen LogP contribution in [0.15, 0.2) is 36.4 Å². The van der Waals surface area contributed by atoms with E-state index in [4.69, 9.17) is 4.11 Å². The minimum atomic E-state index is -2.12. The molecule has 1 aromatic heterocycles. The highest BCUT2D eigenvalue weighted by Gasteiger charge is 2.20. The third-order valence-electron chi connectivity index (χ3n) is 5.53. The molecule has 0 radical (unpaired) electrons. The molecule has 1 heterocycles. The molecule has 1 heteroatoms. The van der Waals surface area contributed by atoms with Crippen molar-refractivity contribution in [3.8, 4) is 11.3 Å². The fourth-order valence-electron chi connectivity index (χ4n) is 4.23. The van der Waals surface area contributed by atoms with Gasteiger partial charge in [-0.1, -0.05) is 45.4 Å². The van der Waals surface area contributed by atoms with E-state index in [1.54, 1.807) is 6.07 Å². The molecule has 0 aliphatic heterocycles. The van der Waals surface area contributed by atoms with Crippen LogP contribution in [0.3, 0.4) is 0 Å². The Bertz CT molecular complexity index is 1110. The molecule has 0 spiro atoms. The predicted octanol–water partition coefficient (Wildman–Crippen LogP) is 6.65. The average Bonchev–Trinajstić information content (AvgIpc) is 2.62. The number of aromatic nitrogens is 1. The summed E-state index contributed by atoms with van der Waals surface area (Å²) >= 11 is 0. The second-order valence-electron chi connectivity index (χ2n) is 9.15. The molecule has 3 rings (SSSR count). The van der Waals surface area contributed by atoms with E-state index in [0.29, 0.717) is 17.4 Å². The van der Waals surface area contributed by atoms with E-state index < -0.39 is 6.85 Å². The van der Waals surface area contributed by atoms with Gasteiger partial charge in [0.25, 0.3) is 0 Å². The van der Waals surface area contributed by atoms with Crippen LogP contribution in [0.2, 0.25) is 0 Å². The summed E-state index contributed by atoms with van der Waals surface area (Å²) in [4.78, 5) is 0. The largest absolute Gasteiger partial charge is 0.213 e. The van der Waals surface area contributed by atoms with Gasteiger partial charge >= 0.3 is 0 Å². The van der Waals surface area contributed by atoms with Crippen LogP contribution in [0.25, 0.3) is 22.2 Å². The van der Waals surface area contributed by atoms with E-state index in [2.05, 4.69) is 69.6 Å². The van der Waals surface area contributed by atoms with E-state index in [1.165, 1.54) is 22.0 Å². The Morgan fingerprint density at radius 3 is 2.29 bits per heavy atom. The molecular formula is C27H36N+. The van der Waals surface area contributed by atoms with Crippen molar-refractivity contribution in [2.24, 2.45) is 18.9 Å². The SMILES string of the molecule is [2H]C([2H])([2H])c1cc(C)cc(-c2ccc3c(CC(C)C)cc(CC(C)C)cc3[n+]2C)c1C. The van der Waals surface area contributed by atoms with E-state index in [9.17, 15) is 0 Å². The predicted molar refractivity (Wildman–Crippen MR) is 122 cm³/mol.